The number of aliphatic hydroxyl groups excluding tert-OH is 2. The van der Waals surface area contributed by atoms with Gasteiger partial charge >= 0.3 is 0 Å². The lowest BCUT2D eigenvalue weighted by Gasteiger charge is -2.36. The third kappa shape index (κ3) is 1.17. The van der Waals surface area contributed by atoms with Gasteiger partial charge in [0.25, 0.3) is 0 Å². The van der Waals surface area contributed by atoms with Crippen molar-refractivity contribution in [3.8, 4) is 0 Å². The van der Waals surface area contributed by atoms with Crippen molar-refractivity contribution in [3.05, 3.63) is 0 Å². The molecule has 6 nitrogen and oxygen atoms in total. The summed E-state index contributed by atoms with van der Waals surface area (Å²) in [4.78, 5) is 0. The van der Waals surface area contributed by atoms with Crippen LogP contribution in [0.15, 0.2) is 0 Å². The SMILES string of the molecule is CO[C@@H]1CC2C3C(OC[C@]3(O)C(O)[C@H]2O)O1. The molecule has 0 amide bonds. The van der Waals surface area contributed by atoms with E-state index in [0.29, 0.717) is 6.42 Å². The normalized spacial score (nSPS) is 60.0. The molecule has 0 spiro atoms. The maximum Gasteiger partial charge on any atom is 0.166 e. The van der Waals surface area contributed by atoms with Crippen molar-refractivity contribution >= 4 is 0 Å². The molecule has 0 aromatic carbocycles. The Hall–Kier alpha value is -0.240. The highest BCUT2D eigenvalue weighted by atomic mass is 16.8. The summed E-state index contributed by atoms with van der Waals surface area (Å²) in [6.45, 7) is -0.00645. The summed E-state index contributed by atoms with van der Waals surface area (Å²) in [6, 6.07) is 0. The Bertz CT molecular complexity index is 297. The van der Waals surface area contributed by atoms with Gasteiger partial charge in [-0.15, -0.1) is 0 Å². The minimum Gasteiger partial charge on any atom is -0.390 e. The van der Waals surface area contributed by atoms with Gasteiger partial charge < -0.3 is 29.5 Å². The lowest BCUT2D eigenvalue weighted by atomic mass is 9.83. The van der Waals surface area contributed by atoms with E-state index < -0.39 is 30.4 Å². The Morgan fingerprint density at radius 2 is 2.12 bits per heavy atom. The van der Waals surface area contributed by atoms with Gasteiger partial charge in [0, 0.05) is 25.4 Å². The van der Waals surface area contributed by atoms with Gasteiger partial charge in [-0.1, -0.05) is 0 Å². The van der Waals surface area contributed by atoms with E-state index in [4.69, 9.17) is 14.2 Å². The maximum absolute atomic E-state index is 10.3. The highest BCUT2D eigenvalue weighted by Crippen LogP contribution is 2.52. The largest absolute Gasteiger partial charge is 0.390 e. The molecule has 6 heteroatoms. The van der Waals surface area contributed by atoms with Crippen LogP contribution in [0.2, 0.25) is 0 Å². The van der Waals surface area contributed by atoms with E-state index in [-0.39, 0.29) is 18.4 Å². The first-order valence-corrected chi connectivity index (χ1v) is 5.46. The number of ether oxygens (including phenoxy) is 3. The number of methoxy groups -OCH3 is 1. The quantitative estimate of drug-likeness (QED) is 0.506. The van der Waals surface area contributed by atoms with E-state index in [1.54, 1.807) is 0 Å². The molecule has 92 valence electrons. The van der Waals surface area contributed by atoms with E-state index in [0.717, 1.165) is 0 Å². The molecule has 2 heterocycles. The van der Waals surface area contributed by atoms with Crippen LogP contribution >= 0.6 is 0 Å². The van der Waals surface area contributed by atoms with Gasteiger partial charge in [0.05, 0.1) is 12.7 Å². The minimum absolute atomic E-state index is 0.00645. The second-order valence-corrected chi connectivity index (χ2v) is 4.83. The zero-order valence-corrected chi connectivity index (χ0v) is 8.94. The zero-order valence-electron chi connectivity index (χ0n) is 8.94. The van der Waals surface area contributed by atoms with E-state index in [1.807, 2.05) is 0 Å². The summed E-state index contributed by atoms with van der Waals surface area (Å²) in [5.41, 5.74) is -1.38. The summed E-state index contributed by atoms with van der Waals surface area (Å²) in [7, 11) is 1.52. The standard InChI is InChI=1S/C10H16O6/c1-14-5-2-4-6-9(16-5)15-3-10(6,13)8(12)7(4)11/h4-9,11-13H,2-3H2,1H3/t4?,5-,6?,7-,8?,9?,10+/m0/s1. The third-order valence-electron chi connectivity index (χ3n) is 4.10. The minimum atomic E-state index is -1.38. The maximum atomic E-state index is 10.3. The molecule has 0 bridgehead atoms. The molecule has 3 fully saturated rings. The fraction of sp³-hybridized carbons (Fsp3) is 1.00. The Morgan fingerprint density at radius 1 is 1.38 bits per heavy atom. The molecule has 1 aliphatic carbocycles. The predicted molar refractivity (Wildman–Crippen MR) is 50.2 cm³/mol. The molecule has 7 atom stereocenters. The molecule has 2 saturated heterocycles. The van der Waals surface area contributed by atoms with Crippen LogP contribution in [0.4, 0.5) is 0 Å². The fourth-order valence-corrected chi connectivity index (χ4v) is 3.24. The Morgan fingerprint density at radius 3 is 2.81 bits per heavy atom. The van der Waals surface area contributed by atoms with Crippen molar-refractivity contribution in [2.45, 2.75) is 36.8 Å². The highest BCUT2D eigenvalue weighted by molar-refractivity contribution is 5.13. The number of hydrogen-bond acceptors (Lipinski definition) is 6. The molecule has 0 aromatic rings. The number of hydrogen-bond donors (Lipinski definition) is 3. The van der Waals surface area contributed by atoms with Crippen molar-refractivity contribution in [1.82, 2.24) is 0 Å². The van der Waals surface area contributed by atoms with Crippen LogP contribution in [0.1, 0.15) is 6.42 Å². The average Bonchev–Trinajstić information content (AvgIpc) is 2.73. The van der Waals surface area contributed by atoms with Crippen molar-refractivity contribution in [1.29, 1.82) is 0 Å². The number of aliphatic hydroxyl groups is 3. The van der Waals surface area contributed by atoms with Gasteiger partial charge in [-0.25, -0.2) is 0 Å². The monoisotopic (exact) mass is 232 g/mol. The Labute approximate surface area is 92.7 Å². The van der Waals surface area contributed by atoms with Crippen molar-refractivity contribution in [2.75, 3.05) is 13.7 Å². The molecule has 16 heavy (non-hydrogen) atoms. The molecule has 0 radical (unpaired) electrons. The van der Waals surface area contributed by atoms with Crippen molar-refractivity contribution in [2.24, 2.45) is 11.8 Å². The van der Waals surface area contributed by atoms with Crippen LogP contribution in [0.25, 0.3) is 0 Å². The van der Waals surface area contributed by atoms with Crippen LogP contribution < -0.4 is 0 Å². The molecule has 3 N–H and O–H groups in total. The van der Waals surface area contributed by atoms with E-state index in [2.05, 4.69) is 0 Å². The molecule has 0 aromatic heterocycles. The first-order valence-electron chi connectivity index (χ1n) is 5.46. The summed E-state index contributed by atoms with van der Waals surface area (Å²) >= 11 is 0. The lowest BCUT2D eigenvalue weighted by molar-refractivity contribution is -0.274. The van der Waals surface area contributed by atoms with Gasteiger partial charge in [0.2, 0.25) is 0 Å². The molecule has 3 aliphatic rings. The first kappa shape index (κ1) is 10.9. The van der Waals surface area contributed by atoms with Gasteiger partial charge in [-0.2, -0.15) is 0 Å². The summed E-state index contributed by atoms with van der Waals surface area (Å²) in [5.74, 6) is -0.616. The van der Waals surface area contributed by atoms with E-state index >= 15 is 0 Å². The Balaban J connectivity index is 1.93. The van der Waals surface area contributed by atoms with Gasteiger partial charge in [0.15, 0.2) is 12.6 Å². The van der Waals surface area contributed by atoms with E-state index in [9.17, 15) is 15.3 Å². The highest BCUT2D eigenvalue weighted by Gasteiger charge is 2.68. The molecular formula is C10H16O6. The summed E-state index contributed by atoms with van der Waals surface area (Å²) < 4.78 is 15.9. The fourth-order valence-electron chi connectivity index (χ4n) is 3.24. The van der Waals surface area contributed by atoms with Gasteiger partial charge in [0.1, 0.15) is 11.7 Å². The van der Waals surface area contributed by atoms with Crippen molar-refractivity contribution in [3.63, 3.8) is 0 Å². The molecule has 1 saturated carbocycles. The third-order valence-corrected chi connectivity index (χ3v) is 4.10. The van der Waals surface area contributed by atoms with Crippen molar-refractivity contribution < 1.29 is 29.5 Å². The summed E-state index contributed by atoms with van der Waals surface area (Å²) in [6.07, 6.45) is -2.70. The van der Waals surface area contributed by atoms with Gasteiger partial charge in [-0.05, 0) is 0 Å². The average molecular weight is 232 g/mol. The smallest absolute Gasteiger partial charge is 0.166 e. The van der Waals surface area contributed by atoms with Crippen LogP contribution in [0.5, 0.6) is 0 Å². The van der Waals surface area contributed by atoms with E-state index in [1.165, 1.54) is 7.11 Å². The topological polar surface area (TPSA) is 88.4 Å². The molecule has 2 aliphatic heterocycles. The second kappa shape index (κ2) is 3.38. The van der Waals surface area contributed by atoms with Crippen LogP contribution in [0.3, 0.4) is 0 Å². The molecular weight excluding hydrogens is 216 g/mol. The Kier molecular flexibility index (Phi) is 2.30. The zero-order chi connectivity index (χ0) is 11.5. The molecule has 4 unspecified atom stereocenters. The van der Waals surface area contributed by atoms with Crippen LogP contribution in [0, 0.1) is 11.8 Å². The van der Waals surface area contributed by atoms with Gasteiger partial charge in [-0.3, -0.25) is 0 Å². The number of rotatable bonds is 1. The van der Waals surface area contributed by atoms with Crippen LogP contribution in [-0.4, -0.2) is 59.4 Å². The second-order valence-electron chi connectivity index (χ2n) is 4.83. The predicted octanol–water partition coefficient (Wildman–Crippen LogP) is -1.57. The lowest BCUT2D eigenvalue weighted by Crippen LogP contribution is -2.47. The molecule has 3 rings (SSSR count). The first-order chi connectivity index (χ1) is 7.58. The van der Waals surface area contributed by atoms with Crippen LogP contribution in [-0.2, 0) is 14.2 Å². The summed E-state index contributed by atoms with van der Waals surface area (Å²) in [5, 5.41) is 30.1.